The van der Waals surface area contributed by atoms with Crippen LogP contribution in [0.15, 0.2) is 0 Å². The number of rotatable bonds is 6. The molecule has 0 amide bonds. The zero-order valence-corrected chi connectivity index (χ0v) is 9.40. The Hall–Kier alpha value is 0.270. The summed E-state index contributed by atoms with van der Waals surface area (Å²) in [5.74, 6) is 3.05. The van der Waals surface area contributed by atoms with Gasteiger partial charge >= 0.3 is 0 Å². The lowest BCUT2D eigenvalue weighted by Crippen LogP contribution is -2.47. The van der Waals surface area contributed by atoms with Crippen molar-refractivity contribution < 1.29 is 9.84 Å². The van der Waals surface area contributed by atoms with E-state index >= 15 is 0 Å². The summed E-state index contributed by atoms with van der Waals surface area (Å²) in [6.45, 7) is 6.27. The topological polar surface area (TPSA) is 29.5 Å². The van der Waals surface area contributed by atoms with Crippen molar-refractivity contribution in [2.75, 3.05) is 31.3 Å². The minimum atomic E-state index is 0.0989. The third-order valence-electron chi connectivity index (χ3n) is 2.40. The molecule has 1 fully saturated rings. The maximum atomic E-state index is 9.15. The second-order valence-electron chi connectivity index (χ2n) is 4.39. The zero-order chi connectivity index (χ0) is 9.73. The lowest BCUT2D eigenvalue weighted by Gasteiger charge is -2.39. The van der Waals surface area contributed by atoms with Crippen LogP contribution in [0.25, 0.3) is 0 Å². The number of aliphatic hydroxyl groups excluding tert-OH is 1. The van der Waals surface area contributed by atoms with Crippen molar-refractivity contribution in [3.05, 3.63) is 0 Å². The molecule has 1 aliphatic rings. The van der Waals surface area contributed by atoms with E-state index in [4.69, 9.17) is 9.84 Å². The lowest BCUT2D eigenvalue weighted by atomic mass is 9.90. The zero-order valence-electron chi connectivity index (χ0n) is 8.58. The fourth-order valence-electron chi connectivity index (χ4n) is 1.22. The first-order chi connectivity index (χ1) is 6.18. The van der Waals surface area contributed by atoms with Crippen LogP contribution in [0.1, 0.15) is 20.3 Å². The fraction of sp³-hybridized carbons (Fsp3) is 1.00. The highest BCUT2D eigenvalue weighted by atomic mass is 32.2. The molecular formula is C10H20O2S. The van der Waals surface area contributed by atoms with Crippen molar-refractivity contribution in [2.45, 2.75) is 20.3 Å². The summed E-state index contributed by atoms with van der Waals surface area (Å²) in [6.07, 6.45) is 1.27. The monoisotopic (exact) mass is 204 g/mol. The summed E-state index contributed by atoms with van der Waals surface area (Å²) in [6, 6.07) is 0. The number of hydrogen-bond donors (Lipinski definition) is 1. The molecule has 2 nitrogen and oxygen atoms in total. The highest BCUT2D eigenvalue weighted by molar-refractivity contribution is 7.99. The molecule has 3 heteroatoms. The minimum absolute atomic E-state index is 0.0989. The van der Waals surface area contributed by atoms with Crippen molar-refractivity contribution in [2.24, 2.45) is 11.3 Å². The molecule has 1 saturated heterocycles. The lowest BCUT2D eigenvalue weighted by molar-refractivity contribution is -0.121. The van der Waals surface area contributed by atoms with E-state index in [9.17, 15) is 0 Å². The van der Waals surface area contributed by atoms with Crippen LogP contribution in [0.2, 0.25) is 0 Å². The van der Waals surface area contributed by atoms with E-state index < -0.39 is 0 Å². The van der Waals surface area contributed by atoms with Gasteiger partial charge in [0.05, 0.1) is 19.8 Å². The first kappa shape index (κ1) is 11.3. The Morgan fingerprint density at radius 2 is 2.15 bits per heavy atom. The van der Waals surface area contributed by atoms with Crippen LogP contribution in [0.4, 0.5) is 0 Å². The van der Waals surface area contributed by atoms with Crippen molar-refractivity contribution in [3.8, 4) is 0 Å². The summed E-state index contributed by atoms with van der Waals surface area (Å²) >= 11 is 1.95. The Balaban J connectivity index is 2.04. The van der Waals surface area contributed by atoms with Gasteiger partial charge in [0.25, 0.3) is 0 Å². The van der Waals surface area contributed by atoms with E-state index in [0.29, 0.717) is 0 Å². The predicted octanol–water partition coefficient (Wildman–Crippen LogP) is 1.77. The van der Waals surface area contributed by atoms with Gasteiger partial charge in [0, 0.05) is 11.2 Å². The summed E-state index contributed by atoms with van der Waals surface area (Å²) in [5.41, 5.74) is 0.0989. The van der Waals surface area contributed by atoms with Crippen LogP contribution in [0.5, 0.6) is 0 Å². The molecule has 0 aliphatic carbocycles. The number of thioether (sulfide) groups is 1. The number of ether oxygens (including phenoxy) is 1. The predicted molar refractivity (Wildman–Crippen MR) is 57.1 cm³/mol. The Labute approximate surface area is 85.0 Å². The van der Waals surface area contributed by atoms with E-state index in [-0.39, 0.29) is 12.0 Å². The molecule has 0 aromatic carbocycles. The number of aliphatic hydroxyl groups is 1. The Morgan fingerprint density at radius 1 is 1.46 bits per heavy atom. The van der Waals surface area contributed by atoms with Crippen LogP contribution in [-0.4, -0.2) is 36.4 Å². The molecule has 0 bridgehead atoms. The third-order valence-corrected chi connectivity index (χ3v) is 3.74. The smallest absolute Gasteiger partial charge is 0.0575 e. The van der Waals surface area contributed by atoms with Gasteiger partial charge in [0.15, 0.2) is 0 Å². The van der Waals surface area contributed by atoms with E-state index in [1.807, 2.05) is 11.8 Å². The third kappa shape index (κ3) is 3.49. The molecule has 1 rings (SSSR count). The van der Waals surface area contributed by atoms with Crippen molar-refractivity contribution in [3.63, 3.8) is 0 Å². The van der Waals surface area contributed by atoms with Gasteiger partial charge in [0.2, 0.25) is 0 Å². The summed E-state index contributed by atoms with van der Waals surface area (Å²) < 4.78 is 5.13. The van der Waals surface area contributed by atoms with E-state index in [1.165, 1.54) is 12.2 Å². The largest absolute Gasteiger partial charge is 0.396 e. The average Bonchev–Trinajstić information content (AvgIpc) is 2.01. The van der Waals surface area contributed by atoms with Crippen LogP contribution in [0, 0.1) is 11.3 Å². The Bertz CT molecular complexity index is 138. The first-order valence-electron chi connectivity index (χ1n) is 4.95. The summed E-state index contributed by atoms with van der Waals surface area (Å²) in [7, 11) is 0. The number of hydrogen-bond acceptors (Lipinski definition) is 3. The second kappa shape index (κ2) is 5.23. The average molecular weight is 204 g/mol. The minimum Gasteiger partial charge on any atom is -0.396 e. The van der Waals surface area contributed by atoms with Crippen molar-refractivity contribution >= 4 is 11.8 Å². The molecular weight excluding hydrogens is 184 g/mol. The summed E-state index contributed by atoms with van der Waals surface area (Å²) in [5, 5.41) is 9.15. The van der Waals surface area contributed by atoms with Gasteiger partial charge in [-0.3, -0.25) is 0 Å². The van der Waals surface area contributed by atoms with E-state index in [0.717, 1.165) is 24.9 Å². The normalized spacial score (nSPS) is 20.3. The van der Waals surface area contributed by atoms with Gasteiger partial charge in [-0.15, -0.1) is 0 Å². The summed E-state index contributed by atoms with van der Waals surface area (Å²) in [4.78, 5) is 0. The van der Waals surface area contributed by atoms with E-state index in [1.54, 1.807) is 0 Å². The van der Waals surface area contributed by atoms with Gasteiger partial charge in [-0.25, -0.2) is 0 Å². The SMILES string of the molecule is CC(C)CCSCC1(CO)COC1. The van der Waals surface area contributed by atoms with Crippen molar-refractivity contribution in [1.29, 1.82) is 0 Å². The molecule has 0 radical (unpaired) electrons. The molecule has 1 N–H and O–H groups in total. The Kier molecular flexibility index (Phi) is 4.56. The van der Waals surface area contributed by atoms with Crippen LogP contribution in [-0.2, 0) is 4.74 Å². The molecule has 1 heterocycles. The molecule has 0 atom stereocenters. The highest BCUT2D eigenvalue weighted by Crippen LogP contribution is 2.31. The van der Waals surface area contributed by atoms with Gasteiger partial charge in [-0.05, 0) is 18.1 Å². The van der Waals surface area contributed by atoms with E-state index in [2.05, 4.69) is 13.8 Å². The fourth-order valence-corrected chi connectivity index (χ4v) is 2.69. The molecule has 0 spiro atoms. The molecule has 1 aliphatic heterocycles. The standard InChI is InChI=1S/C10H20O2S/c1-9(2)3-4-13-8-10(5-11)6-12-7-10/h9,11H,3-8H2,1-2H3. The molecule has 0 saturated carbocycles. The van der Waals surface area contributed by atoms with Gasteiger partial charge < -0.3 is 9.84 Å². The highest BCUT2D eigenvalue weighted by Gasteiger charge is 2.37. The van der Waals surface area contributed by atoms with Gasteiger partial charge in [-0.1, -0.05) is 13.8 Å². The molecule has 78 valence electrons. The molecule has 13 heavy (non-hydrogen) atoms. The molecule has 0 aromatic rings. The second-order valence-corrected chi connectivity index (χ2v) is 5.49. The van der Waals surface area contributed by atoms with Gasteiger partial charge in [0.1, 0.15) is 0 Å². The van der Waals surface area contributed by atoms with Crippen LogP contribution in [0.3, 0.4) is 0 Å². The quantitative estimate of drug-likeness (QED) is 0.669. The van der Waals surface area contributed by atoms with Crippen molar-refractivity contribution in [1.82, 2.24) is 0 Å². The first-order valence-corrected chi connectivity index (χ1v) is 6.10. The van der Waals surface area contributed by atoms with Crippen LogP contribution < -0.4 is 0 Å². The molecule has 0 unspecified atom stereocenters. The Morgan fingerprint density at radius 3 is 2.54 bits per heavy atom. The van der Waals surface area contributed by atoms with Crippen LogP contribution >= 0.6 is 11.8 Å². The maximum absolute atomic E-state index is 9.15. The molecule has 0 aromatic heterocycles. The maximum Gasteiger partial charge on any atom is 0.0575 e. The van der Waals surface area contributed by atoms with Gasteiger partial charge in [-0.2, -0.15) is 11.8 Å².